The molecule has 2 aliphatic rings. The van der Waals surface area contributed by atoms with Crippen LogP contribution in [0.2, 0.25) is 0 Å². The first-order chi connectivity index (χ1) is 9.33. The van der Waals surface area contributed by atoms with Crippen molar-refractivity contribution in [3.8, 4) is 0 Å². The number of rotatable bonds is 5. The lowest BCUT2D eigenvalue weighted by Crippen LogP contribution is -2.53. The molecular weight excluding hydrogens is 240 g/mol. The van der Waals surface area contributed by atoms with E-state index in [4.69, 9.17) is 5.53 Å². The quantitative estimate of drug-likeness (QED) is 0.465. The molecule has 0 aromatic carbocycles. The Bertz CT molecular complexity index is 306. The van der Waals surface area contributed by atoms with Crippen molar-refractivity contribution in [1.29, 1.82) is 0 Å². The zero-order chi connectivity index (χ0) is 13.5. The summed E-state index contributed by atoms with van der Waals surface area (Å²) in [5.41, 5.74) is 8.28. The maximum atomic E-state index is 8.28. The van der Waals surface area contributed by atoms with Crippen LogP contribution in [0, 0.1) is 0 Å². The van der Waals surface area contributed by atoms with Gasteiger partial charge in [0.05, 0.1) is 0 Å². The van der Waals surface area contributed by atoms with Gasteiger partial charge in [-0.1, -0.05) is 11.5 Å². The third kappa shape index (κ3) is 4.35. The molecule has 1 aliphatic heterocycles. The van der Waals surface area contributed by atoms with Gasteiger partial charge in [-0.3, -0.25) is 4.90 Å². The van der Waals surface area contributed by atoms with E-state index < -0.39 is 0 Å². The van der Waals surface area contributed by atoms with Crippen LogP contribution in [-0.2, 0) is 0 Å². The van der Waals surface area contributed by atoms with Crippen LogP contribution in [0.25, 0.3) is 10.4 Å². The minimum Gasteiger partial charge on any atom is -0.317 e. The first-order valence-electron chi connectivity index (χ1n) is 7.48. The lowest BCUT2D eigenvalue weighted by Gasteiger charge is -2.42. The molecule has 2 atom stereocenters. The molecule has 19 heavy (non-hydrogen) atoms. The van der Waals surface area contributed by atoms with Crippen molar-refractivity contribution in [3.05, 3.63) is 10.4 Å². The number of hydrogen-bond acceptors (Lipinski definition) is 4. The number of piperazine rings is 1. The van der Waals surface area contributed by atoms with Gasteiger partial charge in [-0.15, -0.1) is 0 Å². The Morgan fingerprint density at radius 2 is 2.05 bits per heavy atom. The molecule has 1 heterocycles. The van der Waals surface area contributed by atoms with E-state index >= 15 is 0 Å². The molecule has 1 saturated carbocycles. The summed E-state index contributed by atoms with van der Waals surface area (Å²) < 4.78 is 0. The summed E-state index contributed by atoms with van der Waals surface area (Å²) >= 11 is 0. The van der Waals surface area contributed by atoms with Gasteiger partial charge in [-0.2, -0.15) is 0 Å². The first-order valence-corrected chi connectivity index (χ1v) is 7.48. The van der Waals surface area contributed by atoms with Crippen LogP contribution in [0.4, 0.5) is 0 Å². The van der Waals surface area contributed by atoms with Crippen LogP contribution in [-0.4, -0.2) is 68.2 Å². The summed E-state index contributed by atoms with van der Waals surface area (Å²) in [6, 6.07) is 1.48. The fourth-order valence-corrected chi connectivity index (χ4v) is 3.34. The third-order valence-electron chi connectivity index (χ3n) is 4.56. The van der Waals surface area contributed by atoms with Gasteiger partial charge in [0.1, 0.15) is 0 Å². The fourth-order valence-electron chi connectivity index (χ4n) is 3.34. The largest absolute Gasteiger partial charge is 0.317 e. The van der Waals surface area contributed by atoms with Gasteiger partial charge >= 0.3 is 0 Å². The van der Waals surface area contributed by atoms with Crippen LogP contribution in [0.1, 0.15) is 25.7 Å². The minimum absolute atomic E-state index is 0.599. The van der Waals surface area contributed by atoms with E-state index in [1.165, 1.54) is 25.7 Å². The van der Waals surface area contributed by atoms with Crippen LogP contribution in [0.15, 0.2) is 5.11 Å². The second-order valence-corrected chi connectivity index (χ2v) is 5.64. The van der Waals surface area contributed by atoms with Gasteiger partial charge in [0, 0.05) is 56.3 Å². The highest BCUT2D eigenvalue weighted by atomic mass is 15.3. The number of nitrogens with one attached hydrogen (secondary N) is 1. The van der Waals surface area contributed by atoms with Crippen molar-refractivity contribution in [3.63, 3.8) is 0 Å². The Kier molecular flexibility index (Phi) is 5.92. The smallest absolute Gasteiger partial charge is 0.0385 e. The van der Waals surface area contributed by atoms with E-state index in [0.717, 1.165) is 38.8 Å². The molecule has 2 fully saturated rings. The van der Waals surface area contributed by atoms with Gasteiger partial charge in [0.25, 0.3) is 0 Å². The second-order valence-electron chi connectivity index (χ2n) is 5.64. The molecule has 0 amide bonds. The van der Waals surface area contributed by atoms with E-state index in [1.807, 2.05) is 0 Å². The van der Waals surface area contributed by atoms with Crippen molar-refractivity contribution in [1.82, 2.24) is 15.1 Å². The molecule has 0 spiro atoms. The molecule has 1 saturated heterocycles. The fraction of sp³-hybridized carbons (Fsp3) is 1.00. The molecule has 1 aliphatic carbocycles. The lowest BCUT2D eigenvalue weighted by molar-refractivity contribution is 0.0740. The van der Waals surface area contributed by atoms with Crippen LogP contribution in [0.5, 0.6) is 0 Å². The molecule has 0 aromatic heterocycles. The molecular formula is C13H26N6. The summed E-state index contributed by atoms with van der Waals surface area (Å²) in [4.78, 5) is 7.87. The number of nitrogens with zero attached hydrogens (tertiary/aromatic N) is 5. The molecule has 0 radical (unpaired) electrons. The molecule has 2 rings (SSSR count). The number of hydrogen-bond donors (Lipinski definition) is 1. The van der Waals surface area contributed by atoms with Crippen molar-refractivity contribution in [2.24, 2.45) is 5.11 Å². The van der Waals surface area contributed by atoms with E-state index in [0.29, 0.717) is 12.6 Å². The SMILES string of the molecule is CN[C@H]1CCC[C@H](N2CCN(CCN=[N+]=[N-])CC2)C1. The van der Waals surface area contributed by atoms with E-state index in [2.05, 4.69) is 32.2 Å². The Morgan fingerprint density at radius 3 is 2.74 bits per heavy atom. The molecule has 108 valence electrons. The second kappa shape index (κ2) is 7.70. The van der Waals surface area contributed by atoms with Gasteiger partial charge in [0.2, 0.25) is 0 Å². The highest BCUT2D eigenvalue weighted by molar-refractivity contribution is 4.86. The average Bonchev–Trinajstić information content (AvgIpc) is 2.48. The summed E-state index contributed by atoms with van der Waals surface area (Å²) in [6.45, 7) is 6.06. The first kappa shape index (κ1) is 14.6. The average molecular weight is 266 g/mol. The normalized spacial score (nSPS) is 29.9. The third-order valence-corrected chi connectivity index (χ3v) is 4.56. The predicted octanol–water partition coefficient (Wildman–Crippen LogP) is 1.44. The highest BCUT2D eigenvalue weighted by Crippen LogP contribution is 2.23. The summed E-state index contributed by atoms with van der Waals surface area (Å²) in [5.74, 6) is 0. The van der Waals surface area contributed by atoms with Crippen molar-refractivity contribution >= 4 is 0 Å². The molecule has 1 N–H and O–H groups in total. The van der Waals surface area contributed by atoms with E-state index in [1.54, 1.807) is 0 Å². The van der Waals surface area contributed by atoms with Crippen LogP contribution < -0.4 is 5.32 Å². The zero-order valence-corrected chi connectivity index (χ0v) is 12.0. The predicted molar refractivity (Wildman–Crippen MR) is 77.1 cm³/mol. The molecule has 6 heteroatoms. The van der Waals surface area contributed by atoms with Crippen LogP contribution in [0.3, 0.4) is 0 Å². The molecule has 0 aromatic rings. The number of azide groups is 1. The molecule has 0 unspecified atom stereocenters. The topological polar surface area (TPSA) is 67.3 Å². The maximum absolute atomic E-state index is 8.28. The maximum Gasteiger partial charge on any atom is 0.0385 e. The van der Waals surface area contributed by atoms with Crippen molar-refractivity contribution < 1.29 is 0 Å². The Labute approximate surface area is 115 Å². The van der Waals surface area contributed by atoms with Gasteiger partial charge in [0.15, 0.2) is 0 Å². The summed E-state index contributed by atoms with van der Waals surface area (Å²) in [7, 11) is 2.08. The minimum atomic E-state index is 0.599. The van der Waals surface area contributed by atoms with Crippen molar-refractivity contribution in [2.45, 2.75) is 37.8 Å². The molecule has 6 nitrogen and oxygen atoms in total. The van der Waals surface area contributed by atoms with Crippen molar-refractivity contribution in [2.75, 3.05) is 46.3 Å². The summed E-state index contributed by atoms with van der Waals surface area (Å²) in [6.07, 6.45) is 5.35. The Morgan fingerprint density at radius 1 is 1.26 bits per heavy atom. The van der Waals surface area contributed by atoms with E-state index in [9.17, 15) is 0 Å². The molecule has 0 bridgehead atoms. The summed E-state index contributed by atoms with van der Waals surface area (Å²) in [5, 5.41) is 7.05. The standard InChI is InChI=1S/C13H26N6/c1-15-12-3-2-4-13(11-12)19-9-7-18(8-10-19)6-5-16-17-14/h12-13,15H,2-11H2,1H3/t12-,13-/m0/s1. The Balaban J connectivity index is 1.71. The highest BCUT2D eigenvalue weighted by Gasteiger charge is 2.28. The van der Waals surface area contributed by atoms with Gasteiger partial charge in [-0.25, -0.2) is 0 Å². The van der Waals surface area contributed by atoms with E-state index in [-0.39, 0.29) is 0 Å². The van der Waals surface area contributed by atoms with Crippen LogP contribution >= 0.6 is 0 Å². The Hall–Kier alpha value is -0.810. The van der Waals surface area contributed by atoms with Gasteiger partial charge in [-0.05, 0) is 31.8 Å². The van der Waals surface area contributed by atoms with Gasteiger partial charge < -0.3 is 10.2 Å². The zero-order valence-electron chi connectivity index (χ0n) is 12.0. The lowest BCUT2D eigenvalue weighted by atomic mass is 9.89. The monoisotopic (exact) mass is 266 g/mol.